The van der Waals surface area contributed by atoms with Crippen LogP contribution in [0, 0.1) is 5.92 Å². The molecule has 1 unspecified atom stereocenters. The predicted molar refractivity (Wildman–Crippen MR) is 165 cm³/mol. The number of amides is 3. The summed E-state index contributed by atoms with van der Waals surface area (Å²) in [6.07, 6.45) is 2.89. The highest BCUT2D eigenvalue weighted by molar-refractivity contribution is 9.10. The summed E-state index contributed by atoms with van der Waals surface area (Å²) >= 11 is 10.0. The Labute approximate surface area is 260 Å². The summed E-state index contributed by atoms with van der Waals surface area (Å²) in [5, 5.41) is 9.61. The number of carboxylic acid groups (broad SMARTS) is 1. The zero-order valence-electron chi connectivity index (χ0n) is 24.1. The third kappa shape index (κ3) is 7.14. The molecule has 2 aromatic carbocycles. The standard InChI is InChI=1S/C31H38BrClN4O5/c1-31(2,29(39)34-14-16-35(17-15-34)30(40)41)42-27-18-25(11-12-26(27)33)36-13-3-4-22(20-36)28(38)37(24-9-10-24)19-21-5-7-23(32)8-6-21/h5-8,11-12,18,22,24H,3-4,9-10,13-17,19-20H2,1-2H3,(H,40,41). The van der Waals surface area contributed by atoms with Crippen molar-refractivity contribution in [2.45, 2.75) is 57.7 Å². The molecule has 11 heteroatoms. The van der Waals surface area contributed by atoms with Crippen molar-refractivity contribution < 1.29 is 24.2 Å². The average Bonchev–Trinajstić information content (AvgIpc) is 3.83. The van der Waals surface area contributed by atoms with Gasteiger partial charge in [0, 0.05) is 68.1 Å². The van der Waals surface area contributed by atoms with E-state index in [2.05, 4.69) is 37.9 Å². The van der Waals surface area contributed by atoms with E-state index >= 15 is 0 Å². The Morgan fingerprint density at radius 1 is 1.00 bits per heavy atom. The summed E-state index contributed by atoms with van der Waals surface area (Å²) in [5.41, 5.74) is 0.828. The fourth-order valence-electron chi connectivity index (χ4n) is 5.77. The smallest absolute Gasteiger partial charge is 0.407 e. The van der Waals surface area contributed by atoms with Gasteiger partial charge in [-0.15, -0.1) is 0 Å². The van der Waals surface area contributed by atoms with Gasteiger partial charge in [-0.25, -0.2) is 4.79 Å². The summed E-state index contributed by atoms with van der Waals surface area (Å²) in [5.74, 6) is 0.297. The number of carbonyl (C=O) groups excluding carboxylic acids is 2. The topological polar surface area (TPSA) is 93.6 Å². The second-order valence-electron chi connectivity index (χ2n) is 11.9. The number of carbonyl (C=O) groups is 3. The average molecular weight is 662 g/mol. The normalized spacial score (nSPS) is 19.4. The summed E-state index contributed by atoms with van der Waals surface area (Å²) in [7, 11) is 0. The van der Waals surface area contributed by atoms with Gasteiger partial charge in [-0.05, 0) is 69.4 Å². The van der Waals surface area contributed by atoms with Gasteiger partial charge >= 0.3 is 6.09 Å². The minimum atomic E-state index is -1.20. The van der Waals surface area contributed by atoms with Crippen molar-refractivity contribution >= 4 is 51.1 Å². The first-order valence-electron chi connectivity index (χ1n) is 14.6. The molecule has 2 heterocycles. The molecule has 1 N–H and O–H groups in total. The molecule has 1 atom stereocenters. The molecule has 9 nitrogen and oxygen atoms in total. The van der Waals surface area contributed by atoms with Crippen LogP contribution in [0.3, 0.4) is 0 Å². The van der Waals surface area contributed by atoms with Crippen molar-refractivity contribution in [1.29, 1.82) is 0 Å². The fourth-order valence-corrected chi connectivity index (χ4v) is 6.19. The van der Waals surface area contributed by atoms with Crippen LogP contribution < -0.4 is 9.64 Å². The lowest BCUT2D eigenvalue weighted by molar-refractivity contribution is -0.147. The van der Waals surface area contributed by atoms with Gasteiger partial charge in [0.1, 0.15) is 5.75 Å². The number of piperidine rings is 1. The van der Waals surface area contributed by atoms with Crippen LogP contribution in [0.1, 0.15) is 45.1 Å². The van der Waals surface area contributed by atoms with Gasteiger partial charge in [0.05, 0.1) is 10.9 Å². The molecule has 3 aliphatic rings. The largest absolute Gasteiger partial charge is 0.476 e. The fraction of sp³-hybridized carbons (Fsp3) is 0.516. The number of nitrogens with zero attached hydrogens (tertiary/aromatic N) is 4. The number of piperazine rings is 1. The molecule has 0 radical (unpaired) electrons. The van der Waals surface area contributed by atoms with Crippen molar-refractivity contribution in [3.8, 4) is 5.75 Å². The molecular formula is C31H38BrClN4O5. The molecule has 2 aliphatic heterocycles. The van der Waals surface area contributed by atoms with Gasteiger partial charge in [0.25, 0.3) is 5.91 Å². The third-order valence-electron chi connectivity index (χ3n) is 8.31. The number of benzene rings is 2. The highest BCUT2D eigenvalue weighted by Gasteiger charge is 2.39. The van der Waals surface area contributed by atoms with Crippen molar-refractivity contribution in [3.05, 3.63) is 57.5 Å². The summed E-state index contributed by atoms with van der Waals surface area (Å²) in [6, 6.07) is 14.0. The van der Waals surface area contributed by atoms with Crippen LogP contribution in [0.2, 0.25) is 5.02 Å². The number of anilines is 1. The molecule has 2 saturated heterocycles. The monoisotopic (exact) mass is 660 g/mol. The summed E-state index contributed by atoms with van der Waals surface area (Å²) in [4.78, 5) is 45.6. The zero-order valence-corrected chi connectivity index (χ0v) is 26.4. The van der Waals surface area contributed by atoms with Crippen LogP contribution in [-0.4, -0.2) is 88.6 Å². The van der Waals surface area contributed by atoms with Crippen molar-refractivity contribution in [2.75, 3.05) is 44.2 Å². The minimum absolute atomic E-state index is 0.0997. The maximum absolute atomic E-state index is 13.8. The molecule has 2 aromatic rings. The molecule has 1 aliphatic carbocycles. The molecule has 5 rings (SSSR count). The Morgan fingerprint density at radius 2 is 1.67 bits per heavy atom. The van der Waals surface area contributed by atoms with E-state index in [1.807, 2.05) is 24.3 Å². The Hall–Kier alpha value is -2.98. The van der Waals surface area contributed by atoms with Crippen LogP contribution in [0.15, 0.2) is 46.9 Å². The molecule has 3 amide bonds. The molecule has 0 spiro atoms. The Kier molecular flexibility index (Phi) is 9.23. The van der Waals surface area contributed by atoms with E-state index in [1.54, 1.807) is 24.8 Å². The van der Waals surface area contributed by atoms with Gasteiger partial charge in [0.2, 0.25) is 5.91 Å². The van der Waals surface area contributed by atoms with Gasteiger partial charge in [0.15, 0.2) is 5.60 Å². The van der Waals surface area contributed by atoms with Crippen molar-refractivity contribution in [2.24, 2.45) is 5.92 Å². The molecular weight excluding hydrogens is 624 g/mol. The molecule has 0 bridgehead atoms. The van der Waals surface area contributed by atoms with E-state index in [9.17, 15) is 19.5 Å². The van der Waals surface area contributed by atoms with E-state index in [0.717, 1.165) is 48.0 Å². The van der Waals surface area contributed by atoms with E-state index in [1.165, 1.54) is 4.90 Å². The second-order valence-corrected chi connectivity index (χ2v) is 13.2. The quantitative estimate of drug-likeness (QED) is 0.402. The lowest BCUT2D eigenvalue weighted by Gasteiger charge is -2.38. The lowest BCUT2D eigenvalue weighted by atomic mass is 9.95. The van der Waals surface area contributed by atoms with Gasteiger partial charge in [-0.3, -0.25) is 9.59 Å². The van der Waals surface area contributed by atoms with Crippen LogP contribution >= 0.6 is 27.5 Å². The van der Waals surface area contributed by atoms with Crippen LogP contribution in [0.5, 0.6) is 5.75 Å². The molecule has 226 valence electrons. The first-order chi connectivity index (χ1) is 20.0. The highest BCUT2D eigenvalue weighted by atomic mass is 79.9. The van der Waals surface area contributed by atoms with Crippen molar-refractivity contribution in [3.63, 3.8) is 0 Å². The third-order valence-corrected chi connectivity index (χ3v) is 9.15. The number of halogens is 2. The molecule has 42 heavy (non-hydrogen) atoms. The molecule has 0 aromatic heterocycles. The molecule has 3 fully saturated rings. The van der Waals surface area contributed by atoms with Gasteiger partial charge in [-0.1, -0.05) is 39.7 Å². The molecule has 1 saturated carbocycles. The summed E-state index contributed by atoms with van der Waals surface area (Å²) < 4.78 is 7.25. The Morgan fingerprint density at radius 3 is 2.31 bits per heavy atom. The Balaban J connectivity index is 1.25. The maximum atomic E-state index is 13.8. The van der Waals surface area contributed by atoms with Crippen molar-refractivity contribution in [1.82, 2.24) is 14.7 Å². The highest BCUT2D eigenvalue weighted by Crippen LogP contribution is 2.36. The van der Waals surface area contributed by atoms with Gasteiger partial charge in [-0.2, -0.15) is 0 Å². The summed E-state index contributed by atoms with van der Waals surface area (Å²) in [6.45, 7) is 6.62. The van der Waals surface area contributed by atoms with E-state index in [4.69, 9.17) is 16.3 Å². The maximum Gasteiger partial charge on any atom is 0.407 e. The minimum Gasteiger partial charge on any atom is -0.476 e. The first kappa shape index (κ1) is 30.5. The SMILES string of the molecule is CC(C)(Oc1cc(N2CCCC(C(=O)N(Cc3ccc(Br)cc3)C3CC3)C2)ccc1Cl)C(=O)N1CCN(C(=O)O)CC1. The number of ether oxygens (including phenoxy) is 1. The van der Waals surface area contributed by atoms with E-state index in [-0.39, 0.29) is 30.8 Å². The van der Waals surface area contributed by atoms with Crippen LogP contribution in [-0.2, 0) is 16.1 Å². The second kappa shape index (κ2) is 12.7. The predicted octanol–water partition coefficient (Wildman–Crippen LogP) is 5.49. The number of rotatable bonds is 8. The van der Waals surface area contributed by atoms with Crippen LogP contribution in [0.25, 0.3) is 0 Å². The zero-order chi connectivity index (χ0) is 30.0. The van der Waals surface area contributed by atoms with E-state index in [0.29, 0.717) is 43.0 Å². The Bertz CT molecular complexity index is 1310. The number of hydrogen-bond acceptors (Lipinski definition) is 5. The first-order valence-corrected chi connectivity index (χ1v) is 15.7. The van der Waals surface area contributed by atoms with Crippen LogP contribution in [0.4, 0.5) is 10.5 Å². The number of hydrogen-bond donors (Lipinski definition) is 1. The van der Waals surface area contributed by atoms with E-state index < -0.39 is 11.7 Å². The van der Waals surface area contributed by atoms with Gasteiger partial charge < -0.3 is 29.4 Å². The lowest BCUT2D eigenvalue weighted by Crippen LogP contribution is -2.56.